The summed E-state index contributed by atoms with van der Waals surface area (Å²) in [4.78, 5) is 25.2. The minimum atomic E-state index is -0.180. The molecule has 0 atom stereocenters. The first-order chi connectivity index (χ1) is 13.1. The molecule has 27 heavy (non-hydrogen) atoms. The van der Waals surface area contributed by atoms with Crippen LogP contribution in [0.1, 0.15) is 34.9 Å². The molecule has 0 aliphatic heterocycles. The third-order valence-corrected chi connectivity index (χ3v) is 5.24. The van der Waals surface area contributed by atoms with Crippen molar-refractivity contribution >= 4 is 21.8 Å². The van der Waals surface area contributed by atoms with Crippen LogP contribution in [-0.2, 0) is 6.54 Å². The van der Waals surface area contributed by atoms with Gasteiger partial charge >= 0.3 is 5.69 Å². The third kappa shape index (κ3) is 3.73. The van der Waals surface area contributed by atoms with Crippen molar-refractivity contribution in [1.82, 2.24) is 19.7 Å². The van der Waals surface area contributed by atoms with Gasteiger partial charge in [-0.3, -0.25) is 4.79 Å². The lowest BCUT2D eigenvalue weighted by molar-refractivity contribution is 0.0951. The van der Waals surface area contributed by atoms with Crippen LogP contribution < -0.4 is 11.0 Å². The maximum Gasteiger partial charge on any atom is 0.350 e. The zero-order valence-electron chi connectivity index (χ0n) is 14.6. The molecule has 2 aromatic carbocycles. The largest absolute Gasteiger partial charge is 0.350 e. The number of hydrogen-bond donors (Lipinski definition) is 1. The second-order valence-corrected chi connectivity index (χ2v) is 7.40. The van der Waals surface area contributed by atoms with E-state index >= 15 is 0 Å². The van der Waals surface area contributed by atoms with Gasteiger partial charge in [-0.15, -0.1) is 0 Å². The number of carbonyl (C=O) groups is 1. The number of carbonyl (C=O) groups excluding carboxylic acids is 1. The zero-order valence-corrected chi connectivity index (χ0v) is 16.2. The van der Waals surface area contributed by atoms with Crippen LogP contribution in [0.15, 0.2) is 63.9 Å². The molecule has 1 saturated carbocycles. The van der Waals surface area contributed by atoms with Crippen LogP contribution in [0.5, 0.6) is 0 Å². The molecule has 1 aliphatic carbocycles. The Morgan fingerprint density at radius 2 is 1.81 bits per heavy atom. The molecule has 1 N–H and O–H groups in total. The maximum atomic E-state index is 12.9. The van der Waals surface area contributed by atoms with Gasteiger partial charge in [0.15, 0.2) is 0 Å². The standard InChI is InChI=1S/C20H19BrN4O2/c21-17-9-5-4-8-16(17)19(26)22-12-13-24-20(27)25(15-6-2-1-3-7-15)18(23-24)14-10-11-14/h1-9,14H,10-13H2,(H,22,26). The molecule has 1 amide bonds. The van der Waals surface area contributed by atoms with E-state index in [0.29, 0.717) is 24.6 Å². The lowest BCUT2D eigenvalue weighted by atomic mass is 10.2. The summed E-state index contributed by atoms with van der Waals surface area (Å²) in [6.45, 7) is 0.657. The van der Waals surface area contributed by atoms with Gasteiger partial charge in [-0.2, -0.15) is 5.10 Å². The van der Waals surface area contributed by atoms with Gasteiger partial charge in [0.25, 0.3) is 5.91 Å². The van der Waals surface area contributed by atoms with Gasteiger partial charge in [-0.25, -0.2) is 14.0 Å². The normalized spacial score (nSPS) is 13.5. The van der Waals surface area contributed by atoms with Gasteiger partial charge in [-0.05, 0) is 53.0 Å². The Morgan fingerprint density at radius 3 is 2.52 bits per heavy atom. The van der Waals surface area contributed by atoms with Crippen molar-refractivity contribution in [2.75, 3.05) is 6.54 Å². The fourth-order valence-electron chi connectivity index (χ4n) is 3.01. The molecule has 1 aliphatic rings. The Morgan fingerprint density at radius 1 is 1.11 bits per heavy atom. The fraction of sp³-hybridized carbons (Fsp3) is 0.250. The summed E-state index contributed by atoms with van der Waals surface area (Å²) in [5.74, 6) is 0.970. The highest BCUT2D eigenvalue weighted by atomic mass is 79.9. The minimum absolute atomic E-state index is 0.168. The van der Waals surface area contributed by atoms with E-state index in [1.165, 1.54) is 4.68 Å². The molecule has 0 bridgehead atoms. The van der Waals surface area contributed by atoms with Gasteiger partial charge in [0, 0.05) is 16.9 Å². The number of para-hydroxylation sites is 1. The summed E-state index contributed by atoms with van der Waals surface area (Å²) < 4.78 is 3.87. The molecule has 3 aromatic rings. The lowest BCUT2D eigenvalue weighted by Gasteiger charge is -2.06. The fourth-order valence-corrected chi connectivity index (χ4v) is 3.48. The van der Waals surface area contributed by atoms with Gasteiger partial charge < -0.3 is 5.32 Å². The Balaban J connectivity index is 1.51. The van der Waals surface area contributed by atoms with Gasteiger partial charge in [-0.1, -0.05) is 30.3 Å². The number of halogens is 1. The molecule has 6 nitrogen and oxygen atoms in total. The van der Waals surface area contributed by atoms with Gasteiger partial charge in [0.2, 0.25) is 0 Å². The predicted molar refractivity (Wildman–Crippen MR) is 106 cm³/mol. The highest BCUT2D eigenvalue weighted by Gasteiger charge is 2.31. The number of nitrogens with zero attached hydrogens (tertiary/aromatic N) is 3. The van der Waals surface area contributed by atoms with E-state index < -0.39 is 0 Å². The van der Waals surface area contributed by atoms with Crippen LogP contribution >= 0.6 is 15.9 Å². The first kappa shape index (κ1) is 17.7. The van der Waals surface area contributed by atoms with Crippen molar-refractivity contribution in [1.29, 1.82) is 0 Å². The second kappa shape index (κ2) is 7.52. The molecule has 0 unspecified atom stereocenters. The van der Waals surface area contributed by atoms with Crippen LogP contribution in [0.2, 0.25) is 0 Å². The number of amides is 1. The van der Waals surface area contributed by atoms with E-state index in [2.05, 4.69) is 26.3 Å². The van der Waals surface area contributed by atoms with Crippen molar-refractivity contribution in [3.8, 4) is 5.69 Å². The lowest BCUT2D eigenvalue weighted by Crippen LogP contribution is -2.32. The van der Waals surface area contributed by atoms with E-state index in [0.717, 1.165) is 28.8 Å². The molecule has 1 heterocycles. The van der Waals surface area contributed by atoms with Crippen molar-refractivity contribution in [3.63, 3.8) is 0 Å². The van der Waals surface area contributed by atoms with E-state index in [-0.39, 0.29) is 11.6 Å². The van der Waals surface area contributed by atoms with Crippen LogP contribution in [0.4, 0.5) is 0 Å². The predicted octanol–water partition coefficient (Wildman–Crippen LogP) is 3.10. The molecule has 7 heteroatoms. The molecule has 138 valence electrons. The molecule has 0 saturated heterocycles. The summed E-state index contributed by atoms with van der Waals surface area (Å²) >= 11 is 3.38. The van der Waals surface area contributed by atoms with Crippen molar-refractivity contribution in [2.45, 2.75) is 25.3 Å². The summed E-state index contributed by atoms with van der Waals surface area (Å²) in [5, 5.41) is 7.39. The summed E-state index contributed by atoms with van der Waals surface area (Å²) in [7, 11) is 0. The van der Waals surface area contributed by atoms with E-state index in [4.69, 9.17) is 0 Å². The van der Waals surface area contributed by atoms with Crippen molar-refractivity contribution in [2.24, 2.45) is 0 Å². The van der Waals surface area contributed by atoms with E-state index in [1.54, 1.807) is 10.6 Å². The smallest absolute Gasteiger partial charge is 0.350 e. The van der Waals surface area contributed by atoms with Crippen LogP contribution in [-0.4, -0.2) is 26.8 Å². The molecular formula is C20H19BrN4O2. The minimum Gasteiger partial charge on any atom is -0.350 e. The summed E-state index contributed by atoms with van der Waals surface area (Å²) in [5.41, 5.74) is 1.23. The second-order valence-electron chi connectivity index (χ2n) is 6.54. The van der Waals surface area contributed by atoms with E-state index in [1.807, 2.05) is 48.5 Å². The van der Waals surface area contributed by atoms with Crippen LogP contribution in [0.3, 0.4) is 0 Å². The van der Waals surface area contributed by atoms with Gasteiger partial charge in [0.1, 0.15) is 5.82 Å². The average molecular weight is 427 g/mol. The van der Waals surface area contributed by atoms with Crippen LogP contribution in [0, 0.1) is 0 Å². The average Bonchev–Trinajstić information content (AvgIpc) is 3.47. The van der Waals surface area contributed by atoms with Crippen molar-refractivity contribution < 1.29 is 4.79 Å². The Hall–Kier alpha value is -2.67. The Kier molecular flexibility index (Phi) is 4.94. The molecule has 0 radical (unpaired) electrons. The number of rotatable bonds is 6. The summed E-state index contributed by atoms with van der Waals surface area (Å²) in [6, 6.07) is 16.8. The van der Waals surface area contributed by atoms with E-state index in [9.17, 15) is 9.59 Å². The first-order valence-electron chi connectivity index (χ1n) is 8.93. The maximum absolute atomic E-state index is 12.9. The molecule has 1 aromatic heterocycles. The quantitative estimate of drug-likeness (QED) is 0.658. The molecule has 1 fully saturated rings. The topological polar surface area (TPSA) is 68.9 Å². The summed E-state index contributed by atoms with van der Waals surface area (Å²) in [6.07, 6.45) is 2.12. The zero-order chi connectivity index (χ0) is 18.8. The first-order valence-corrected chi connectivity index (χ1v) is 9.72. The third-order valence-electron chi connectivity index (χ3n) is 4.55. The molecular weight excluding hydrogens is 408 g/mol. The highest BCUT2D eigenvalue weighted by molar-refractivity contribution is 9.10. The highest BCUT2D eigenvalue weighted by Crippen LogP contribution is 2.39. The Labute approximate surface area is 165 Å². The van der Waals surface area contributed by atoms with Crippen LogP contribution in [0.25, 0.3) is 5.69 Å². The number of hydrogen-bond acceptors (Lipinski definition) is 3. The molecule has 0 spiro atoms. The SMILES string of the molecule is O=C(NCCn1nc(C2CC2)n(-c2ccccc2)c1=O)c1ccccc1Br. The Bertz CT molecular complexity index is 1020. The monoisotopic (exact) mass is 426 g/mol. The number of aromatic nitrogens is 3. The number of nitrogens with one attached hydrogen (secondary N) is 1. The number of benzene rings is 2. The van der Waals surface area contributed by atoms with Crippen molar-refractivity contribution in [3.05, 3.63) is 80.9 Å². The molecule has 4 rings (SSSR count). The van der Waals surface area contributed by atoms with Gasteiger partial charge in [0.05, 0.1) is 17.8 Å².